The molecule has 1 aliphatic rings. The summed E-state index contributed by atoms with van der Waals surface area (Å²) in [5.74, 6) is 0.679. The minimum Gasteiger partial charge on any atom is -0.493 e. The second-order valence-corrected chi connectivity index (χ2v) is 7.97. The highest BCUT2D eigenvalue weighted by atomic mass is 32.2. The number of benzene rings is 1. The van der Waals surface area contributed by atoms with Gasteiger partial charge in [0.1, 0.15) is 0 Å². The van der Waals surface area contributed by atoms with Crippen molar-refractivity contribution >= 4 is 46.2 Å². The van der Waals surface area contributed by atoms with E-state index in [1.807, 2.05) is 0 Å². The molecule has 1 N–H and O–H groups in total. The van der Waals surface area contributed by atoms with Gasteiger partial charge in [0.05, 0.1) is 31.1 Å². The summed E-state index contributed by atoms with van der Waals surface area (Å²) in [7, 11) is 4.50. The minimum atomic E-state index is -0.413. The molecule has 10 heteroatoms. The Morgan fingerprint density at radius 1 is 1.13 bits per heavy atom. The lowest BCUT2D eigenvalue weighted by Gasteiger charge is -2.13. The van der Waals surface area contributed by atoms with Gasteiger partial charge in [-0.1, -0.05) is 6.07 Å². The summed E-state index contributed by atoms with van der Waals surface area (Å²) in [5.41, 5.74) is 0.626. The van der Waals surface area contributed by atoms with Crippen LogP contribution in [0.25, 0.3) is 6.08 Å². The number of nitrogens with zero attached hydrogens (tertiary/aromatic N) is 1. The van der Waals surface area contributed by atoms with Crippen LogP contribution in [-0.4, -0.2) is 56.4 Å². The van der Waals surface area contributed by atoms with Gasteiger partial charge in [0, 0.05) is 13.1 Å². The van der Waals surface area contributed by atoms with Crippen molar-refractivity contribution < 1.29 is 28.6 Å². The molecule has 2 aromatic rings. The Balaban J connectivity index is 1.71. The second-order valence-electron chi connectivity index (χ2n) is 6.03. The molecule has 0 radical (unpaired) electrons. The maximum Gasteiger partial charge on any atom is 0.293 e. The standard InChI is InChI=1S/C20H20N2O6S2/c1-26-13-9-12(10-14(27-2)17(13)28-3)11-16-19(24)22(20(25)30-16)7-6-21-18(23)15-5-4-8-29-15/h4-5,8-11H,6-7H2,1-3H3,(H,21,23)/b16-11+. The molecule has 0 unspecified atom stereocenters. The first kappa shape index (κ1) is 21.7. The van der Waals surface area contributed by atoms with E-state index >= 15 is 0 Å². The topological polar surface area (TPSA) is 94.2 Å². The van der Waals surface area contributed by atoms with Crippen molar-refractivity contribution in [3.63, 3.8) is 0 Å². The van der Waals surface area contributed by atoms with Gasteiger partial charge < -0.3 is 19.5 Å². The van der Waals surface area contributed by atoms with E-state index in [2.05, 4.69) is 5.32 Å². The third-order valence-electron chi connectivity index (χ3n) is 4.22. The van der Waals surface area contributed by atoms with Crippen molar-refractivity contribution in [1.29, 1.82) is 0 Å². The molecule has 0 bridgehead atoms. The van der Waals surface area contributed by atoms with Crippen molar-refractivity contribution in [2.75, 3.05) is 34.4 Å². The molecular weight excluding hydrogens is 428 g/mol. The van der Waals surface area contributed by atoms with Crippen LogP contribution >= 0.6 is 23.1 Å². The smallest absolute Gasteiger partial charge is 0.293 e. The lowest BCUT2D eigenvalue weighted by Crippen LogP contribution is -2.37. The summed E-state index contributed by atoms with van der Waals surface area (Å²) in [6.07, 6.45) is 1.60. The van der Waals surface area contributed by atoms with Crippen LogP contribution in [0.1, 0.15) is 15.2 Å². The van der Waals surface area contributed by atoms with Crippen LogP contribution in [-0.2, 0) is 4.79 Å². The minimum absolute atomic E-state index is 0.0916. The molecule has 8 nitrogen and oxygen atoms in total. The van der Waals surface area contributed by atoms with E-state index in [-0.39, 0.29) is 29.1 Å². The van der Waals surface area contributed by atoms with Crippen molar-refractivity contribution in [2.45, 2.75) is 0 Å². The number of carbonyl (C=O) groups is 3. The van der Waals surface area contributed by atoms with E-state index in [0.29, 0.717) is 27.7 Å². The van der Waals surface area contributed by atoms with Gasteiger partial charge in [0.25, 0.3) is 17.1 Å². The van der Waals surface area contributed by atoms with E-state index in [4.69, 9.17) is 14.2 Å². The Labute approximate surface area is 181 Å². The number of thioether (sulfide) groups is 1. The fourth-order valence-corrected chi connectivity index (χ4v) is 4.31. The fourth-order valence-electron chi connectivity index (χ4n) is 2.80. The van der Waals surface area contributed by atoms with Crippen LogP contribution in [0.5, 0.6) is 17.2 Å². The van der Waals surface area contributed by atoms with Crippen molar-refractivity contribution in [1.82, 2.24) is 10.2 Å². The first-order valence-corrected chi connectivity index (χ1v) is 10.5. The molecule has 158 valence electrons. The lowest BCUT2D eigenvalue weighted by atomic mass is 10.1. The SMILES string of the molecule is COc1cc(/C=C2/SC(=O)N(CCNC(=O)c3cccs3)C2=O)cc(OC)c1OC. The molecule has 1 fully saturated rings. The number of carbonyl (C=O) groups excluding carboxylic acids is 3. The summed E-state index contributed by atoms with van der Waals surface area (Å²) >= 11 is 2.17. The molecule has 30 heavy (non-hydrogen) atoms. The van der Waals surface area contributed by atoms with Gasteiger partial charge >= 0.3 is 0 Å². The molecular formula is C20H20N2O6S2. The maximum absolute atomic E-state index is 12.7. The number of ether oxygens (including phenoxy) is 3. The molecule has 0 saturated carbocycles. The van der Waals surface area contributed by atoms with Crippen LogP contribution in [0.4, 0.5) is 4.79 Å². The van der Waals surface area contributed by atoms with Crippen molar-refractivity contribution in [2.24, 2.45) is 0 Å². The Morgan fingerprint density at radius 2 is 1.83 bits per heavy atom. The third-order valence-corrected chi connectivity index (χ3v) is 6.00. The van der Waals surface area contributed by atoms with E-state index in [1.54, 1.807) is 35.7 Å². The lowest BCUT2D eigenvalue weighted by molar-refractivity contribution is -0.122. The molecule has 1 aliphatic heterocycles. The van der Waals surface area contributed by atoms with Gasteiger partial charge in [-0.2, -0.15) is 0 Å². The van der Waals surface area contributed by atoms with E-state index in [1.165, 1.54) is 32.7 Å². The zero-order valence-electron chi connectivity index (χ0n) is 16.6. The fraction of sp³-hybridized carbons (Fsp3) is 0.250. The number of rotatable bonds is 8. The van der Waals surface area contributed by atoms with Gasteiger partial charge in [0.2, 0.25) is 5.75 Å². The Bertz CT molecular complexity index is 962. The second kappa shape index (κ2) is 9.68. The predicted molar refractivity (Wildman–Crippen MR) is 115 cm³/mol. The first-order chi connectivity index (χ1) is 14.5. The molecule has 0 spiro atoms. The van der Waals surface area contributed by atoms with Crippen LogP contribution in [0, 0.1) is 0 Å². The average Bonchev–Trinajstić information content (AvgIpc) is 3.37. The van der Waals surface area contributed by atoms with Gasteiger partial charge in [-0.25, -0.2) is 0 Å². The van der Waals surface area contributed by atoms with Crippen LogP contribution in [0.2, 0.25) is 0 Å². The number of hydrogen-bond acceptors (Lipinski definition) is 8. The molecule has 1 aromatic heterocycles. The number of nitrogens with one attached hydrogen (secondary N) is 1. The van der Waals surface area contributed by atoms with E-state index in [0.717, 1.165) is 16.7 Å². The molecule has 1 saturated heterocycles. The van der Waals surface area contributed by atoms with E-state index in [9.17, 15) is 14.4 Å². The highest BCUT2D eigenvalue weighted by molar-refractivity contribution is 8.18. The molecule has 0 atom stereocenters. The predicted octanol–water partition coefficient (Wildman–Crippen LogP) is 3.24. The quantitative estimate of drug-likeness (QED) is 0.620. The number of imide groups is 1. The van der Waals surface area contributed by atoms with Crippen molar-refractivity contribution in [3.05, 3.63) is 45.0 Å². The van der Waals surface area contributed by atoms with Gasteiger partial charge in [-0.15, -0.1) is 11.3 Å². The van der Waals surface area contributed by atoms with Crippen LogP contribution in [0.15, 0.2) is 34.6 Å². The van der Waals surface area contributed by atoms with Gasteiger partial charge in [-0.3, -0.25) is 19.3 Å². The Kier molecular flexibility index (Phi) is 7.01. The number of amides is 3. The Hall–Kier alpha value is -2.98. The summed E-state index contributed by atoms with van der Waals surface area (Å²) < 4.78 is 15.9. The summed E-state index contributed by atoms with van der Waals surface area (Å²) in [6.45, 7) is 0.264. The number of hydrogen-bond donors (Lipinski definition) is 1. The molecule has 3 rings (SSSR count). The summed E-state index contributed by atoms with van der Waals surface area (Å²) in [6, 6.07) is 6.87. The average molecular weight is 449 g/mol. The highest BCUT2D eigenvalue weighted by Crippen LogP contribution is 2.40. The van der Waals surface area contributed by atoms with Gasteiger partial charge in [0.15, 0.2) is 11.5 Å². The normalized spacial score (nSPS) is 14.9. The van der Waals surface area contributed by atoms with Crippen LogP contribution < -0.4 is 19.5 Å². The zero-order valence-corrected chi connectivity index (χ0v) is 18.2. The number of thiophene rings is 1. The third kappa shape index (κ3) is 4.60. The number of methoxy groups -OCH3 is 3. The largest absolute Gasteiger partial charge is 0.493 e. The molecule has 2 heterocycles. The Morgan fingerprint density at radius 3 is 2.40 bits per heavy atom. The zero-order chi connectivity index (χ0) is 21.7. The summed E-state index contributed by atoms with van der Waals surface area (Å²) in [4.78, 5) is 38.9. The molecule has 1 aromatic carbocycles. The summed E-state index contributed by atoms with van der Waals surface area (Å²) in [5, 5.41) is 4.13. The first-order valence-electron chi connectivity index (χ1n) is 8.85. The van der Waals surface area contributed by atoms with Crippen LogP contribution in [0.3, 0.4) is 0 Å². The molecule has 0 aliphatic carbocycles. The maximum atomic E-state index is 12.7. The van der Waals surface area contributed by atoms with Crippen molar-refractivity contribution in [3.8, 4) is 17.2 Å². The highest BCUT2D eigenvalue weighted by Gasteiger charge is 2.34. The van der Waals surface area contributed by atoms with Gasteiger partial charge in [-0.05, 0) is 47.0 Å². The van der Waals surface area contributed by atoms with E-state index < -0.39 is 5.91 Å². The molecule has 3 amide bonds. The monoisotopic (exact) mass is 448 g/mol.